The molecule has 86 valence electrons. The molecule has 0 radical (unpaired) electrons. The molecule has 1 aliphatic rings. The fourth-order valence-corrected chi connectivity index (χ4v) is 1.80. The molecule has 1 aromatic carbocycles. The van der Waals surface area contributed by atoms with Gasteiger partial charge >= 0.3 is 0 Å². The van der Waals surface area contributed by atoms with Crippen molar-refractivity contribution in [2.75, 3.05) is 11.9 Å². The first-order valence-corrected chi connectivity index (χ1v) is 5.51. The largest absolute Gasteiger partial charge is 0.383 e. The Morgan fingerprint density at radius 1 is 1.56 bits per heavy atom. The van der Waals surface area contributed by atoms with E-state index in [1.54, 1.807) is 6.07 Å². The minimum Gasteiger partial charge on any atom is -0.383 e. The molecule has 5 heteroatoms. The molecule has 1 unspecified atom stereocenters. The molecule has 0 spiro atoms. The Morgan fingerprint density at radius 2 is 2.38 bits per heavy atom. The van der Waals surface area contributed by atoms with Crippen LogP contribution in [0.1, 0.15) is 12.8 Å². The second kappa shape index (κ2) is 4.70. The quantitative estimate of drug-likeness (QED) is 0.853. The molecule has 0 aromatic heterocycles. The van der Waals surface area contributed by atoms with E-state index in [1.807, 2.05) is 0 Å². The summed E-state index contributed by atoms with van der Waals surface area (Å²) >= 11 is 5.57. The van der Waals surface area contributed by atoms with Gasteiger partial charge in [0.25, 0.3) is 0 Å². The molecule has 3 nitrogen and oxygen atoms in total. The highest BCUT2D eigenvalue weighted by atomic mass is 35.5. The van der Waals surface area contributed by atoms with Gasteiger partial charge in [0, 0.05) is 24.7 Å². The van der Waals surface area contributed by atoms with Crippen molar-refractivity contribution in [2.45, 2.75) is 18.9 Å². The van der Waals surface area contributed by atoms with Crippen molar-refractivity contribution < 1.29 is 9.18 Å². The van der Waals surface area contributed by atoms with Gasteiger partial charge in [-0.1, -0.05) is 11.6 Å². The predicted molar refractivity (Wildman–Crippen MR) is 61.1 cm³/mol. The highest BCUT2D eigenvalue weighted by Gasteiger charge is 2.19. The lowest BCUT2D eigenvalue weighted by molar-refractivity contribution is -0.119. The van der Waals surface area contributed by atoms with Crippen molar-refractivity contribution >= 4 is 23.2 Å². The molecule has 16 heavy (non-hydrogen) atoms. The van der Waals surface area contributed by atoms with E-state index in [4.69, 9.17) is 11.6 Å². The minimum absolute atomic E-state index is 0.0779. The van der Waals surface area contributed by atoms with Crippen LogP contribution >= 0.6 is 11.6 Å². The first-order chi connectivity index (χ1) is 7.65. The van der Waals surface area contributed by atoms with Crippen LogP contribution in [0.25, 0.3) is 0 Å². The maximum atomic E-state index is 13.1. The van der Waals surface area contributed by atoms with E-state index in [9.17, 15) is 9.18 Å². The van der Waals surface area contributed by atoms with E-state index in [0.29, 0.717) is 18.7 Å². The van der Waals surface area contributed by atoms with E-state index in [1.165, 1.54) is 12.1 Å². The molecule has 1 heterocycles. The molecule has 1 aromatic rings. The number of benzene rings is 1. The summed E-state index contributed by atoms with van der Waals surface area (Å²) in [6, 6.07) is 4.69. The molecule has 1 amide bonds. The van der Waals surface area contributed by atoms with Crippen molar-refractivity contribution in [1.29, 1.82) is 0 Å². The summed E-state index contributed by atoms with van der Waals surface area (Å²) in [5, 5.41) is 6.00. The van der Waals surface area contributed by atoms with Gasteiger partial charge in [0.1, 0.15) is 5.82 Å². The Hall–Kier alpha value is -1.29. The third kappa shape index (κ3) is 2.64. The molecule has 1 fully saturated rings. The van der Waals surface area contributed by atoms with Crippen molar-refractivity contribution in [2.24, 2.45) is 0 Å². The van der Waals surface area contributed by atoms with E-state index in [-0.39, 0.29) is 17.0 Å². The molecule has 1 aliphatic heterocycles. The second-order valence-electron chi connectivity index (χ2n) is 3.81. The van der Waals surface area contributed by atoms with E-state index in [2.05, 4.69) is 10.6 Å². The predicted octanol–water partition coefficient (Wildman–Crippen LogP) is 2.17. The van der Waals surface area contributed by atoms with Crippen LogP contribution in [0.4, 0.5) is 10.1 Å². The van der Waals surface area contributed by atoms with Crippen LogP contribution in [0.15, 0.2) is 18.2 Å². The molecule has 1 atom stereocenters. The number of hydrogen-bond acceptors (Lipinski definition) is 2. The summed E-state index contributed by atoms with van der Waals surface area (Å²) < 4.78 is 13.1. The van der Waals surface area contributed by atoms with Crippen LogP contribution < -0.4 is 10.6 Å². The van der Waals surface area contributed by atoms with Crippen molar-refractivity contribution in [1.82, 2.24) is 5.32 Å². The minimum atomic E-state index is -0.442. The van der Waals surface area contributed by atoms with Crippen LogP contribution in [-0.4, -0.2) is 18.5 Å². The molecule has 0 saturated carbocycles. The van der Waals surface area contributed by atoms with Gasteiger partial charge < -0.3 is 10.6 Å². The molecule has 2 rings (SSSR count). The van der Waals surface area contributed by atoms with Gasteiger partial charge in [0.15, 0.2) is 0 Å². The monoisotopic (exact) mass is 242 g/mol. The standard InChI is InChI=1S/C11H12ClFN2O/c12-9-3-1-7(5-10(9)13)14-6-8-2-4-11(16)15-8/h1,3,5,8,14H,2,4,6H2,(H,15,16). The van der Waals surface area contributed by atoms with Crippen LogP contribution in [-0.2, 0) is 4.79 Å². The Bertz CT molecular complexity index is 411. The third-order valence-electron chi connectivity index (χ3n) is 2.56. The van der Waals surface area contributed by atoms with E-state index < -0.39 is 5.82 Å². The van der Waals surface area contributed by atoms with Crippen molar-refractivity contribution in [3.8, 4) is 0 Å². The first kappa shape index (κ1) is 11.2. The topological polar surface area (TPSA) is 41.1 Å². The third-order valence-corrected chi connectivity index (χ3v) is 2.86. The number of halogens is 2. The van der Waals surface area contributed by atoms with Crippen LogP contribution in [0.3, 0.4) is 0 Å². The number of hydrogen-bond donors (Lipinski definition) is 2. The second-order valence-corrected chi connectivity index (χ2v) is 4.22. The zero-order chi connectivity index (χ0) is 11.5. The highest BCUT2D eigenvalue weighted by molar-refractivity contribution is 6.30. The highest BCUT2D eigenvalue weighted by Crippen LogP contribution is 2.19. The van der Waals surface area contributed by atoms with Gasteiger partial charge in [0.05, 0.1) is 5.02 Å². The van der Waals surface area contributed by atoms with Gasteiger partial charge in [0.2, 0.25) is 5.91 Å². The van der Waals surface area contributed by atoms with Gasteiger partial charge in [-0.15, -0.1) is 0 Å². The maximum Gasteiger partial charge on any atom is 0.220 e. The van der Waals surface area contributed by atoms with E-state index in [0.717, 1.165) is 6.42 Å². The normalized spacial score (nSPS) is 19.6. The number of nitrogens with one attached hydrogen (secondary N) is 2. The van der Waals surface area contributed by atoms with Crippen molar-refractivity contribution in [3.05, 3.63) is 29.0 Å². The summed E-state index contributed by atoms with van der Waals surface area (Å²) in [5.74, 6) is -0.365. The Balaban J connectivity index is 1.89. The Kier molecular flexibility index (Phi) is 3.29. The summed E-state index contributed by atoms with van der Waals surface area (Å²) in [4.78, 5) is 10.9. The Morgan fingerprint density at radius 3 is 3.00 bits per heavy atom. The van der Waals surface area contributed by atoms with Crippen LogP contribution in [0, 0.1) is 5.82 Å². The van der Waals surface area contributed by atoms with Gasteiger partial charge in [-0.3, -0.25) is 4.79 Å². The average molecular weight is 243 g/mol. The molecular weight excluding hydrogens is 231 g/mol. The smallest absolute Gasteiger partial charge is 0.220 e. The van der Waals surface area contributed by atoms with Gasteiger partial charge in [-0.25, -0.2) is 4.39 Å². The number of rotatable bonds is 3. The van der Waals surface area contributed by atoms with Gasteiger partial charge in [-0.05, 0) is 24.6 Å². The summed E-state index contributed by atoms with van der Waals surface area (Å²) in [6.45, 7) is 0.604. The van der Waals surface area contributed by atoms with Crippen LogP contribution in [0.2, 0.25) is 5.02 Å². The lowest BCUT2D eigenvalue weighted by Crippen LogP contribution is -2.31. The molecule has 0 aliphatic carbocycles. The number of carbonyl (C=O) groups is 1. The van der Waals surface area contributed by atoms with Crippen LogP contribution in [0.5, 0.6) is 0 Å². The summed E-state index contributed by atoms with van der Waals surface area (Å²) in [6.07, 6.45) is 1.39. The summed E-state index contributed by atoms with van der Waals surface area (Å²) in [7, 11) is 0. The SMILES string of the molecule is O=C1CCC(CNc2ccc(Cl)c(F)c2)N1. The molecule has 0 bridgehead atoms. The maximum absolute atomic E-state index is 13.1. The summed E-state index contributed by atoms with van der Waals surface area (Å²) in [5.41, 5.74) is 0.669. The average Bonchev–Trinajstić information content (AvgIpc) is 2.66. The lowest BCUT2D eigenvalue weighted by Gasteiger charge is -2.12. The van der Waals surface area contributed by atoms with Gasteiger partial charge in [-0.2, -0.15) is 0 Å². The number of amides is 1. The molecule has 2 N–H and O–H groups in total. The Labute approximate surface area is 98.0 Å². The zero-order valence-electron chi connectivity index (χ0n) is 8.59. The lowest BCUT2D eigenvalue weighted by atomic mass is 10.2. The number of anilines is 1. The first-order valence-electron chi connectivity index (χ1n) is 5.13. The number of carbonyl (C=O) groups excluding carboxylic acids is 1. The fraction of sp³-hybridized carbons (Fsp3) is 0.364. The molecule has 1 saturated heterocycles. The molecular formula is C11H12ClFN2O. The van der Waals surface area contributed by atoms with E-state index >= 15 is 0 Å². The van der Waals surface area contributed by atoms with Crippen molar-refractivity contribution in [3.63, 3.8) is 0 Å². The fourth-order valence-electron chi connectivity index (χ4n) is 1.68. The zero-order valence-corrected chi connectivity index (χ0v) is 9.35.